The molecule has 1 aromatic heterocycles. The van der Waals surface area contributed by atoms with E-state index >= 15 is 0 Å². The van der Waals surface area contributed by atoms with Crippen LogP contribution in [0, 0.1) is 24.6 Å². The zero-order valence-corrected chi connectivity index (χ0v) is 17.3. The van der Waals surface area contributed by atoms with Crippen LogP contribution in [0.15, 0.2) is 59.0 Å². The van der Waals surface area contributed by atoms with Gasteiger partial charge in [-0.25, -0.2) is 4.39 Å². The molecule has 0 aliphatic heterocycles. The van der Waals surface area contributed by atoms with E-state index in [-0.39, 0.29) is 40.9 Å². The van der Waals surface area contributed by atoms with Gasteiger partial charge in [-0.3, -0.25) is 14.4 Å². The van der Waals surface area contributed by atoms with Crippen molar-refractivity contribution in [1.29, 1.82) is 0 Å². The van der Waals surface area contributed by atoms with Gasteiger partial charge in [-0.2, -0.15) is 0 Å². The number of benzene rings is 2. The SMILES string of the molecule is Cc1oc(C(=O)C(=O)NCC#Cc2ccccc2)cc1C(=O)Cc1ccc(F)c(Cl)c1. The van der Waals surface area contributed by atoms with E-state index in [9.17, 15) is 18.8 Å². The molecule has 0 unspecified atom stereocenters. The van der Waals surface area contributed by atoms with Crippen molar-refractivity contribution in [1.82, 2.24) is 5.32 Å². The zero-order chi connectivity index (χ0) is 22.4. The van der Waals surface area contributed by atoms with Crippen molar-refractivity contribution in [3.8, 4) is 11.8 Å². The standard InChI is InChI=1S/C24H17ClFNO4/c1-15-18(21(28)13-17-9-10-20(26)19(25)12-17)14-22(31-15)23(29)24(30)27-11-5-8-16-6-3-2-4-7-16/h2-4,6-7,9-10,12,14H,11,13H2,1H3,(H,27,30). The summed E-state index contributed by atoms with van der Waals surface area (Å²) in [4.78, 5) is 37.0. The second kappa shape index (κ2) is 9.88. The third kappa shape index (κ3) is 5.68. The first kappa shape index (κ1) is 22.0. The largest absolute Gasteiger partial charge is 0.457 e. The predicted octanol–water partition coefficient (Wildman–Crippen LogP) is 4.16. The minimum Gasteiger partial charge on any atom is -0.457 e. The summed E-state index contributed by atoms with van der Waals surface area (Å²) in [5, 5.41) is 2.32. The fourth-order valence-electron chi connectivity index (χ4n) is 2.79. The molecule has 1 amide bonds. The van der Waals surface area contributed by atoms with Gasteiger partial charge >= 0.3 is 0 Å². The van der Waals surface area contributed by atoms with Gasteiger partial charge in [0.1, 0.15) is 11.6 Å². The average molecular weight is 438 g/mol. The first-order valence-electron chi connectivity index (χ1n) is 9.29. The average Bonchev–Trinajstić information content (AvgIpc) is 3.15. The fraction of sp³-hybridized carbons (Fsp3) is 0.125. The van der Waals surface area contributed by atoms with E-state index in [0.717, 1.165) is 5.56 Å². The van der Waals surface area contributed by atoms with Crippen molar-refractivity contribution in [2.24, 2.45) is 0 Å². The summed E-state index contributed by atoms with van der Waals surface area (Å²) in [5.41, 5.74) is 1.47. The summed E-state index contributed by atoms with van der Waals surface area (Å²) in [7, 11) is 0. The molecular formula is C24H17ClFNO4. The van der Waals surface area contributed by atoms with E-state index in [1.54, 1.807) is 0 Å². The van der Waals surface area contributed by atoms with Crippen molar-refractivity contribution in [3.63, 3.8) is 0 Å². The maximum Gasteiger partial charge on any atom is 0.296 e. The predicted molar refractivity (Wildman–Crippen MR) is 114 cm³/mol. The molecule has 1 heterocycles. The van der Waals surface area contributed by atoms with E-state index < -0.39 is 17.5 Å². The Bertz CT molecular complexity index is 1210. The van der Waals surface area contributed by atoms with Gasteiger partial charge in [-0.05, 0) is 42.8 Å². The highest BCUT2D eigenvalue weighted by Crippen LogP contribution is 2.20. The lowest BCUT2D eigenvalue weighted by Crippen LogP contribution is -2.31. The number of hydrogen-bond donors (Lipinski definition) is 1. The zero-order valence-electron chi connectivity index (χ0n) is 16.5. The topological polar surface area (TPSA) is 76.4 Å². The van der Waals surface area contributed by atoms with Crippen molar-refractivity contribution < 1.29 is 23.2 Å². The molecule has 0 saturated carbocycles. The number of amides is 1. The summed E-state index contributed by atoms with van der Waals surface area (Å²) in [6.07, 6.45) is -0.0602. The maximum absolute atomic E-state index is 13.3. The molecule has 31 heavy (non-hydrogen) atoms. The lowest BCUT2D eigenvalue weighted by molar-refractivity contribution is -0.116. The van der Waals surface area contributed by atoms with Crippen LogP contribution in [0.1, 0.15) is 37.8 Å². The summed E-state index contributed by atoms with van der Waals surface area (Å²) in [5.74, 6) is 2.85. The lowest BCUT2D eigenvalue weighted by atomic mass is 10.0. The number of hydrogen-bond acceptors (Lipinski definition) is 4. The van der Waals surface area contributed by atoms with Gasteiger partial charge < -0.3 is 9.73 Å². The molecular weight excluding hydrogens is 421 g/mol. The number of furan rings is 1. The number of carbonyl (C=O) groups is 3. The Morgan fingerprint density at radius 3 is 2.55 bits per heavy atom. The van der Waals surface area contributed by atoms with Crippen LogP contribution in [-0.2, 0) is 11.2 Å². The van der Waals surface area contributed by atoms with Gasteiger partial charge in [0, 0.05) is 12.0 Å². The van der Waals surface area contributed by atoms with Crippen molar-refractivity contribution in [3.05, 3.63) is 93.6 Å². The summed E-state index contributed by atoms with van der Waals surface area (Å²) >= 11 is 5.74. The second-order valence-electron chi connectivity index (χ2n) is 6.61. The van der Waals surface area contributed by atoms with Crippen LogP contribution in [-0.4, -0.2) is 24.0 Å². The molecule has 0 saturated heterocycles. The highest BCUT2D eigenvalue weighted by Gasteiger charge is 2.24. The van der Waals surface area contributed by atoms with Crippen LogP contribution >= 0.6 is 11.6 Å². The summed E-state index contributed by atoms with van der Waals surface area (Å²) < 4.78 is 18.6. The molecule has 156 valence electrons. The lowest BCUT2D eigenvalue weighted by Gasteiger charge is -2.01. The van der Waals surface area contributed by atoms with Gasteiger partial charge in [0.25, 0.3) is 11.7 Å². The Kier molecular flexibility index (Phi) is 7.01. The van der Waals surface area contributed by atoms with Crippen LogP contribution in [0.4, 0.5) is 4.39 Å². The van der Waals surface area contributed by atoms with Gasteiger partial charge in [-0.1, -0.05) is 47.7 Å². The quantitative estimate of drug-likeness (QED) is 0.357. The number of nitrogens with one attached hydrogen (secondary N) is 1. The third-order valence-corrected chi connectivity index (χ3v) is 4.63. The van der Waals surface area contributed by atoms with Crippen LogP contribution in [0.3, 0.4) is 0 Å². The molecule has 0 atom stereocenters. The molecule has 3 aromatic rings. The highest BCUT2D eigenvalue weighted by atomic mass is 35.5. The Hall–Kier alpha value is -3.69. The number of carbonyl (C=O) groups excluding carboxylic acids is 3. The van der Waals surface area contributed by atoms with Gasteiger partial charge in [0.15, 0.2) is 11.5 Å². The van der Waals surface area contributed by atoms with Gasteiger partial charge in [-0.15, -0.1) is 0 Å². The van der Waals surface area contributed by atoms with Crippen LogP contribution in [0.5, 0.6) is 0 Å². The van der Waals surface area contributed by atoms with E-state index in [2.05, 4.69) is 17.2 Å². The number of Topliss-reactive ketones (excluding diaryl/α,β-unsaturated/α-hetero) is 2. The molecule has 1 N–H and O–H groups in total. The monoisotopic (exact) mass is 437 g/mol. The molecule has 0 fully saturated rings. The molecule has 0 bridgehead atoms. The van der Waals surface area contributed by atoms with Crippen molar-refractivity contribution in [2.75, 3.05) is 6.54 Å². The number of halogens is 2. The molecule has 0 spiro atoms. The summed E-state index contributed by atoms with van der Waals surface area (Å²) in [6.45, 7) is 1.50. The first-order valence-corrected chi connectivity index (χ1v) is 9.67. The normalized spacial score (nSPS) is 10.2. The Morgan fingerprint density at radius 2 is 1.84 bits per heavy atom. The van der Waals surface area contributed by atoms with E-state index in [4.69, 9.17) is 16.0 Å². The van der Waals surface area contributed by atoms with Gasteiger partial charge in [0.05, 0.1) is 17.1 Å². The molecule has 5 nitrogen and oxygen atoms in total. The second-order valence-corrected chi connectivity index (χ2v) is 7.02. The molecule has 3 rings (SSSR count). The molecule has 0 radical (unpaired) electrons. The minimum atomic E-state index is -0.909. The van der Waals surface area contributed by atoms with E-state index in [1.165, 1.54) is 31.2 Å². The first-order chi connectivity index (χ1) is 14.8. The number of aryl methyl sites for hydroxylation is 1. The smallest absolute Gasteiger partial charge is 0.296 e. The Labute approximate surface area is 183 Å². The van der Waals surface area contributed by atoms with Crippen molar-refractivity contribution in [2.45, 2.75) is 13.3 Å². The van der Waals surface area contributed by atoms with E-state index in [0.29, 0.717) is 5.56 Å². The van der Waals surface area contributed by atoms with Crippen LogP contribution in [0.2, 0.25) is 5.02 Å². The number of rotatable bonds is 6. The molecule has 0 aliphatic rings. The molecule has 0 aliphatic carbocycles. The van der Waals surface area contributed by atoms with Crippen LogP contribution < -0.4 is 5.32 Å². The van der Waals surface area contributed by atoms with E-state index in [1.807, 2.05) is 30.3 Å². The molecule has 2 aromatic carbocycles. The van der Waals surface area contributed by atoms with Crippen molar-refractivity contribution >= 4 is 29.1 Å². The fourth-order valence-corrected chi connectivity index (χ4v) is 2.99. The highest BCUT2D eigenvalue weighted by molar-refractivity contribution is 6.42. The van der Waals surface area contributed by atoms with Crippen LogP contribution in [0.25, 0.3) is 0 Å². The minimum absolute atomic E-state index is 0.0176. The molecule has 7 heteroatoms. The number of ketones is 2. The maximum atomic E-state index is 13.3. The van der Waals surface area contributed by atoms with Gasteiger partial charge in [0.2, 0.25) is 0 Å². The summed E-state index contributed by atoms with van der Waals surface area (Å²) in [6, 6.07) is 14.4. The third-order valence-electron chi connectivity index (χ3n) is 4.34. The Balaban J connectivity index is 1.62. The Morgan fingerprint density at radius 1 is 1.10 bits per heavy atom.